The van der Waals surface area contributed by atoms with Gasteiger partial charge in [0.25, 0.3) is 0 Å². The van der Waals surface area contributed by atoms with E-state index in [0.29, 0.717) is 6.61 Å². The highest BCUT2D eigenvalue weighted by molar-refractivity contribution is 7.99. The lowest BCUT2D eigenvalue weighted by Gasteiger charge is -2.40. The lowest BCUT2D eigenvalue weighted by Crippen LogP contribution is -2.35. The summed E-state index contributed by atoms with van der Waals surface area (Å²) in [5.41, 5.74) is 3.18. The molecule has 0 bridgehead atoms. The third kappa shape index (κ3) is 2.25. The van der Waals surface area contributed by atoms with Gasteiger partial charge in [0.1, 0.15) is 0 Å². The molecule has 0 amide bonds. The van der Waals surface area contributed by atoms with E-state index in [2.05, 4.69) is 18.2 Å². The van der Waals surface area contributed by atoms with Gasteiger partial charge in [0, 0.05) is 11.5 Å². The van der Waals surface area contributed by atoms with Crippen molar-refractivity contribution < 1.29 is 5.11 Å². The SMILES string of the molecule is OCC1(Cc2ccc3c(c2)CCCS3)CCC1. The van der Waals surface area contributed by atoms with Gasteiger partial charge >= 0.3 is 0 Å². The van der Waals surface area contributed by atoms with Gasteiger partial charge < -0.3 is 5.11 Å². The summed E-state index contributed by atoms with van der Waals surface area (Å²) in [4.78, 5) is 1.48. The van der Waals surface area contributed by atoms with E-state index in [9.17, 15) is 5.11 Å². The van der Waals surface area contributed by atoms with E-state index < -0.39 is 0 Å². The normalized spacial score (nSPS) is 21.7. The first kappa shape index (κ1) is 11.6. The van der Waals surface area contributed by atoms with Gasteiger partial charge in [-0.1, -0.05) is 18.6 Å². The summed E-state index contributed by atoms with van der Waals surface area (Å²) in [5.74, 6) is 1.27. The molecule has 3 rings (SSSR count). The molecule has 0 radical (unpaired) electrons. The summed E-state index contributed by atoms with van der Waals surface area (Å²) in [6, 6.07) is 6.95. The largest absolute Gasteiger partial charge is 0.396 e. The van der Waals surface area contributed by atoms with Gasteiger partial charge in [-0.15, -0.1) is 11.8 Å². The van der Waals surface area contributed by atoms with E-state index in [1.807, 2.05) is 11.8 Å². The number of benzene rings is 1. The highest BCUT2D eigenvalue weighted by atomic mass is 32.2. The van der Waals surface area contributed by atoms with Gasteiger partial charge in [-0.25, -0.2) is 0 Å². The Balaban J connectivity index is 1.79. The van der Waals surface area contributed by atoms with Crippen molar-refractivity contribution in [2.24, 2.45) is 5.41 Å². The number of aryl methyl sites for hydroxylation is 1. The zero-order valence-electron chi connectivity index (χ0n) is 10.2. The Labute approximate surface area is 108 Å². The fourth-order valence-corrected chi connectivity index (χ4v) is 4.04. The first-order chi connectivity index (χ1) is 8.31. The minimum atomic E-state index is 0.218. The van der Waals surface area contributed by atoms with Crippen molar-refractivity contribution in [1.82, 2.24) is 0 Å². The van der Waals surface area contributed by atoms with Crippen LogP contribution in [0.2, 0.25) is 0 Å². The summed E-state index contributed by atoms with van der Waals surface area (Å²) < 4.78 is 0. The average Bonchev–Trinajstić information content (AvgIpc) is 2.34. The molecule has 1 aliphatic carbocycles. The smallest absolute Gasteiger partial charge is 0.0490 e. The van der Waals surface area contributed by atoms with Crippen molar-refractivity contribution in [2.75, 3.05) is 12.4 Å². The van der Waals surface area contributed by atoms with E-state index >= 15 is 0 Å². The second-order valence-electron chi connectivity index (χ2n) is 5.58. The standard InChI is InChI=1S/C15H20OS/c16-11-15(6-2-7-15)10-12-4-5-14-13(9-12)3-1-8-17-14/h4-5,9,16H,1-3,6-8,10-11H2. The summed E-state index contributed by atoms with van der Waals surface area (Å²) in [6.45, 7) is 0.360. The number of thioether (sulfide) groups is 1. The lowest BCUT2D eigenvalue weighted by molar-refractivity contribution is 0.0450. The Morgan fingerprint density at radius 2 is 2.12 bits per heavy atom. The van der Waals surface area contributed by atoms with Crippen LogP contribution in [0.1, 0.15) is 36.8 Å². The van der Waals surface area contributed by atoms with Crippen LogP contribution in [-0.4, -0.2) is 17.5 Å². The molecule has 0 aromatic heterocycles. The number of aliphatic hydroxyl groups excluding tert-OH is 1. The molecule has 1 fully saturated rings. The molecule has 2 heteroatoms. The predicted octanol–water partition coefficient (Wildman–Crippen LogP) is 3.43. The first-order valence-electron chi connectivity index (χ1n) is 6.67. The van der Waals surface area contributed by atoms with Crippen LogP contribution in [0.15, 0.2) is 23.1 Å². The molecule has 0 unspecified atom stereocenters. The zero-order valence-corrected chi connectivity index (χ0v) is 11.1. The Kier molecular flexibility index (Phi) is 3.18. The van der Waals surface area contributed by atoms with E-state index in [1.165, 1.54) is 53.9 Å². The van der Waals surface area contributed by atoms with Crippen LogP contribution in [0.4, 0.5) is 0 Å². The Bertz CT molecular complexity index is 404. The zero-order chi connectivity index (χ0) is 11.7. The molecule has 0 atom stereocenters. The van der Waals surface area contributed by atoms with Crippen LogP contribution in [0.3, 0.4) is 0 Å². The fourth-order valence-electron chi connectivity index (χ4n) is 3.02. The predicted molar refractivity (Wildman–Crippen MR) is 72.6 cm³/mol. The van der Waals surface area contributed by atoms with Crippen LogP contribution in [0.25, 0.3) is 0 Å². The van der Waals surface area contributed by atoms with Crippen LogP contribution in [-0.2, 0) is 12.8 Å². The second kappa shape index (κ2) is 4.66. The molecular formula is C15H20OS. The van der Waals surface area contributed by atoms with E-state index in [4.69, 9.17) is 0 Å². The van der Waals surface area contributed by atoms with Crippen molar-refractivity contribution in [3.05, 3.63) is 29.3 Å². The lowest BCUT2D eigenvalue weighted by atomic mass is 9.66. The number of hydrogen-bond acceptors (Lipinski definition) is 2. The van der Waals surface area contributed by atoms with Crippen molar-refractivity contribution in [2.45, 2.75) is 43.4 Å². The van der Waals surface area contributed by atoms with E-state index in [1.54, 1.807) is 0 Å². The topological polar surface area (TPSA) is 20.2 Å². The van der Waals surface area contributed by atoms with Crippen molar-refractivity contribution in [3.8, 4) is 0 Å². The molecule has 92 valence electrons. The molecule has 17 heavy (non-hydrogen) atoms. The van der Waals surface area contributed by atoms with Gasteiger partial charge in [0.05, 0.1) is 0 Å². The number of rotatable bonds is 3. The van der Waals surface area contributed by atoms with Gasteiger partial charge in [0.2, 0.25) is 0 Å². The number of aliphatic hydroxyl groups is 1. The second-order valence-corrected chi connectivity index (χ2v) is 6.72. The van der Waals surface area contributed by atoms with Crippen LogP contribution >= 0.6 is 11.8 Å². The summed E-state index contributed by atoms with van der Waals surface area (Å²) in [7, 11) is 0. The van der Waals surface area contributed by atoms with E-state index in [0.717, 1.165) is 6.42 Å². The van der Waals surface area contributed by atoms with Crippen molar-refractivity contribution in [1.29, 1.82) is 0 Å². The molecule has 1 nitrogen and oxygen atoms in total. The van der Waals surface area contributed by atoms with Gasteiger partial charge in [0.15, 0.2) is 0 Å². The molecular weight excluding hydrogens is 228 g/mol. The van der Waals surface area contributed by atoms with E-state index in [-0.39, 0.29) is 5.41 Å². The molecule has 1 aliphatic heterocycles. The number of fused-ring (bicyclic) bond motifs is 1. The fraction of sp³-hybridized carbons (Fsp3) is 0.600. The molecule has 2 aliphatic rings. The van der Waals surface area contributed by atoms with Gasteiger partial charge in [-0.2, -0.15) is 0 Å². The quantitative estimate of drug-likeness (QED) is 0.884. The summed E-state index contributed by atoms with van der Waals surface area (Å²) in [5, 5.41) is 9.53. The highest BCUT2D eigenvalue weighted by Gasteiger charge is 2.36. The first-order valence-corrected chi connectivity index (χ1v) is 7.65. The molecule has 1 heterocycles. The number of hydrogen-bond donors (Lipinski definition) is 1. The Hall–Kier alpha value is -0.470. The molecule has 1 N–H and O–H groups in total. The average molecular weight is 248 g/mol. The molecule has 0 saturated heterocycles. The highest BCUT2D eigenvalue weighted by Crippen LogP contribution is 2.43. The third-order valence-electron chi connectivity index (χ3n) is 4.30. The van der Waals surface area contributed by atoms with Gasteiger partial charge in [-0.05, 0) is 60.5 Å². The minimum absolute atomic E-state index is 0.218. The maximum atomic E-state index is 9.53. The monoisotopic (exact) mass is 248 g/mol. The molecule has 1 aromatic carbocycles. The summed E-state index contributed by atoms with van der Waals surface area (Å²) >= 11 is 1.99. The van der Waals surface area contributed by atoms with Crippen LogP contribution in [0.5, 0.6) is 0 Å². The maximum absolute atomic E-state index is 9.53. The molecule has 1 aromatic rings. The molecule has 1 saturated carbocycles. The van der Waals surface area contributed by atoms with Crippen molar-refractivity contribution >= 4 is 11.8 Å². The van der Waals surface area contributed by atoms with Crippen LogP contribution in [0, 0.1) is 5.41 Å². The molecule has 0 spiro atoms. The minimum Gasteiger partial charge on any atom is -0.396 e. The Morgan fingerprint density at radius 3 is 2.82 bits per heavy atom. The van der Waals surface area contributed by atoms with Gasteiger partial charge in [-0.3, -0.25) is 0 Å². The van der Waals surface area contributed by atoms with Crippen molar-refractivity contribution in [3.63, 3.8) is 0 Å². The summed E-state index contributed by atoms with van der Waals surface area (Å²) in [6.07, 6.45) is 7.32. The van der Waals surface area contributed by atoms with Crippen LogP contribution < -0.4 is 0 Å². The third-order valence-corrected chi connectivity index (χ3v) is 5.50. The Morgan fingerprint density at radius 1 is 1.24 bits per heavy atom. The maximum Gasteiger partial charge on any atom is 0.0490 e.